The number of anilines is 1. The van der Waals surface area contributed by atoms with Crippen molar-refractivity contribution in [2.24, 2.45) is 0 Å². The molecule has 0 spiro atoms. The summed E-state index contributed by atoms with van der Waals surface area (Å²) < 4.78 is 10.1. The second kappa shape index (κ2) is 5.39. The fraction of sp³-hybridized carbons (Fsp3) is 0.417. The minimum absolute atomic E-state index is 0.366. The van der Waals surface area contributed by atoms with E-state index in [1.165, 1.54) is 0 Å². The summed E-state index contributed by atoms with van der Waals surface area (Å²) in [6.45, 7) is 4.16. The van der Waals surface area contributed by atoms with Crippen LogP contribution in [0.2, 0.25) is 0 Å². The molecule has 0 fully saturated rings. The molecule has 0 saturated carbocycles. The van der Waals surface area contributed by atoms with Crippen molar-refractivity contribution in [1.82, 2.24) is 0 Å². The SMILES string of the molecule is CCCOC(=O)c1cc(OC)cc(C)c1N. The quantitative estimate of drug-likeness (QED) is 0.627. The lowest BCUT2D eigenvalue weighted by Gasteiger charge is -2.10. The Morgan fingerprint density at radius 2 is 2.12 bits per heavy atom. The first-order valence-electron chi connectivity index (χ1n) is 5.21. The number of nitrogens with two attached hydrogens (primary N) is 1. The number of hydrogen-bond donors (Lipinski definition) is 1. The lowest BCUT2D eigenvalue weighted by Crippen LogP contribution is -2.10. The first kappa shape index (κ1) is 12.4. The van der Waals surface area contributed by atoms with Gasteiger partial charge in [-0.25, -0.2) is 4.79 Å². The summed E-state index contributed by atoms with van der Waals surface area (Å²) >= 11 is 0. The molecule has 0 radical (unpaired) electrons. The molecule has 88 valence electrons. The Bertz CT molecular complexity index is 388. The standard InChI is InChI=1S/C12H17NO3/c1-4-5-16-12(14)10-7-9(15-3)6-8(2)11(10)13/h6-7H,4-5,13H2,1-3H3. The third-order valence-electron chi connectivity index (χ3n) is 2.25. The van der Waals surface area contributed by atoms with Crippen LogP contribution in [-0.2, 0) is 4.74 Å². The molecule has 0 atom stereocenters. The second-order valence-electron chi connectivity index (χ2n) is 3.54. The molecular weight excluding hydrogens is 206 g/mol. The van der Waals surface area contributed by atoms with Crippen molar-refractivity contribution in [2.45, 2.75) is 20.3 Å². The fourth-order valence-corrected chi connectivity index (χ4v) is 1.32. The molecule has 4 nitrogen and oxygen atoms in total. The molecular formula is C12H17NO3. The van der Waals surface area contributed by atoms with Crippen LogP contribution in [0.1, 0.15) is 29.3 Å². The van der Waals surface area contributed by atoms with Crippen LogP contribution >= 0.6 is 0 Å². The molecule has 1 aromatic carbocycles. The van der Waals surface area contributed by atoms with Gasteiger partial charge in [0, 0.05) is 5.69 Å². The molecule has 4 heteroatoms. The van der Waals surface area contributed by atoms with Crippen LogP contribution in [0.25, 0.3) is 0 Å². The van der Waals surface area contributed by atoms with Crippen LogP contribution in [0.3, 0.4) is 0 Å². The van der Waals surface area contributed by atoms with Gasteiger partial charge in [0.25, 0.3) is 0 Å². The van der Waals surface area contributed by atoms with Gasteiger partial charge in [-0.3, -0.25) is 0 Å². The summed E-state index contributed by atoms with van der Waals surface area (Å²) in [5, 5.41) is 0. The molecule has 0 unspecified atom stereocenters. The molecule has 0 saturated heterocycles. The van der Waals surface area contributed by atoms with Crippen LogP contribution < -0.4 is 10.5 Å². The van der Waals surface area contributed by atoms with Gasteiger partial charge in [-0.1, -0.05) is 6.92 Å². The molecule has 0 bridgehead atoms. The highest BCUT2D eigenvalue weighted by Gasteiger charge is 2.14. The number of methoxy groups -OCH3 is 1. The van der Waals surface area contributed by atoms with Crippen molar-refractivity contribution in [2.75, 3.05) is 19.5 Å². The van der Waals surface area contributed by atoms with Crippen LogP contribution in [0.15, 0.2) is 12.1 Å². The molecule has 0 amide bonds. The van der Waals surface area contributed by atoms with Gasteiger partial charge in [-0.2, -0.15) is 0 Å². The topological polar surface area (TPSA) is 61.5 Å². The zero-order valence-electron chi connectivity index (χ0n) is 9.87. The van der Waals surface area contributed by atoms with E-state index in [0.717, 1.165) is 12.0 Å². The summed E-state index contributed by atoms with van der Waals surface area (Å²) in [5.74, 6) is 0.205. The number of carbonyl (C=O) groups excluding carboxylic acids is 1. The summed E-state index contributed by atoms with van der Waals surface area (Å²) in [6, 6.07) is 3.38. The molecule has 16 heavy (non-hydrogen) atoms. The molecule has 2 N–H and O–H groups in total. The summed E-state index contributed by atoms with van der Waals surface area (Å²) in [4.78, 5) is 11.7. The minimum Gasteiger partial charge on any atom is -0.497 e. The lowest BCUT2D eigenvalue weighted by atomic mass is 10.1. The van der Waals surface area contributed by atoms with E-state index in [9.17, 15) is 4.79 Å². The van der Waals surface area contributed by atoms with E-state index in [0.29, 0.717) is 23.6 Å². The number of carbonyl (C=O) groups is 1. The van der Waals surface area contributed by atoms with Gasteiger partial charge >= 0.3 is 5.97 Å². The number of esters is 1. The molecule has 0 heterocycles. The zero-order chi connectivity index (χ0) is 12.1. The molecule has 1 rings (SSSR count). The third kappa shape index (κ3) is 2.66. The number of ether oxygens (including phenoxy) is 2. The number of rotatable bonds is 4. The monoisotopic (exact) mass is 223 g/mol. The number of aryl methyl sites for hydroxylation is 1. The van der Waals surface area contributed by atoms with Crippen LogP contribution in [-0.4, -0.2) is 19.7 Å². The highest BCUT2D eigenvalue weighted by atomic mass is 16.5. The zero-order valence-corrected chi connectivity index (χ0v) is 9.87. The number of nitrogen functional groups attached to an aromatic ring is 1. The predicted octanol–water partition coefficient (Wildman–Crippen LogP) is 2.15. The largest absolute Gasteiger partial charge is 0.497 e. The van der Waals surface area contributed by atoms with Gasteiger partial charge in [0.05, 0.1) is 19.3 Å². The molecule has 0 aliphatic carbocycles. The lowest BCUT2D eigenvalue weighted by molar-refractivity contribution is 0.0506. The van der Waals surface area contributed by atoms with Gasteiger partial charge in [0.2, 0.25) is 0 Å². The van der Waals surface area contributed by atoms with Gasteiger partial charge in [0.15, 0.2) is 0 Å². The Morgan fingerprint density at radius 3 is 2.69 bits per heavy atom. The van der Waals surface area contributed by atoms with Crippen molar-refractivity contribution in [3.05, 3.63) is 23.3 Å². The van der Waals surface area contributed by atoms with E-state index in [4.69, 9.17) is 15.2 Å². The normalized spacial score (nSPS) is 9.94. The maximum absolute atomic E-state index is 11.7. The first-order valence-corrected chi connectivity index (χ1v) is 5.21. The van der Waals surface area contributed by atoms with Crippen molar-refractivity contribution < 1.29 is 14.3 Å². The Hall–Kier alpha value is -1.71. The Kier molecular flexibility index (Phi) is 4.17. The highest BCUT2D eigenvalue weighted by Crippen LogP contribution is 2.24. The van der Waals surface area contributed by atoms with Crippen LogP contribution in [0.4, 0.5) is 5.69 Å². The van der Waals surface area contributed by atoms with Crippen LogP contribution in [0.5, 0.6) is 5.75 Å². The van der Waals surface area contributed by atoms with E-state index in [-0.39, 0.29) is 0 Å². The van der Waals surface area contributed by atoms with Gasteiger partial charge in [-0.05, 0) is 31.0 Å². The average molecular weight is 223 g/mol. The van der Waals surface area contributed by atoms with Crippen molar-refractivity contribution >= 4 is 11.7 Å². The summed E-state index contributed by atoms with van der Waals surface area (Å²) in [7, 11) is 1.55. The number of hydrogen-bond acceptors (Lipinski definition) is 4. The Labute approximate surface area is 95.3 Å². The summed E-state index contributed by atoms with van der Waals surface area (Å²) in [5.41, 5.74) is 7.44. The van der Waals surface area contributed by atoms with Crippen molar-refractivity contribution in [3.8, 4) is 5.75 Å². The van der Waals surface area contributed by atoms with Gasteiger partial charge in [0.1, 0.15) is 5.75 Å². The molecule has 1 aromatic rings. The second-order valence-corrected chi connectivity index (χ2v) is 3.54. The van der Waals surface area contributed by atoms with Crippen molar-refractivity contribution in [1.29, 1.82) is 0 Å². The van der Waals surface area contributed by atoms with Crippen LogP contribution in [0, 0.1) is 6.92 Å². The smallest absolute Gasteiger partial charge is 0.340 e. The third-order valence-corrected chi connectivity index (χ3v) is 2.25. The fourth-order valence-electron chi connectivity index (χ4n) is 1.32. The first-order chi connectivity index (χ1) is 7.60. The van der Waals surface area contributed by atoms with Gasteiger partial charge < -0.3 is 15.2 Å². The van der Waals surface area contributed by atoms with Gasteiger partial charge in [-0.15, -0.1) is 0 Å². The minimum atomic E-state index is -0.402. The Morgan fingerprint density at radius 1 is 1.44 bits per heavy atom. The molecule has 0 aromatic heterocycles. The van der Waals surface area contributed by atoms with Crippen molar-refractivity contribution in [3.63, 3.8) is 0 Å². The predicted molar refractivity (Wildman–Crippen MR) is 62.7 cm³/mol. The van der Waals surface area contributed by atoms with E-state index in [1.807, 2.05) is 13.8 Å². The number of benzene rings is 1. The van der Waals surface area contributed by atoms with E-state index < -0.39 is 5.97 Å². The summed E-state index contributed by atoms with van der Waals surface area (Å²) in [6.07, 6.45) is 0.786. The highest BCUT2D eigenvalue weighted by molar-refractivity contribution is 5.96. The Balaban J connectivity index is 3.02. The molecule has 0 aliphatic rings. The molecule has 0 aliphatic heterocycles. The van der Waals surface area contributed by atoms with E-state index in [1.54, 1.807) is 19.2 Å². The van der Waals surface area contributed by atoms with E-state index >= 15 is 0 Å². The average Bonchev–Trinajstić information content (AvgIpc) is 2.29. The van der Waals surface area contributed by atoms with E-state index in [2.05, 4.69) is 0 Å². The maximum Gasteiger partial charge on any atom is 0.340 e. The maximum atomic E-state index is 11.7.